The first kappa shape index (κ1) is 23.4. The van der Waals surface area contributed by atoms with Gasteiger partial charge < -0.3 is 19.7 Å². The standard InChI is InChI=1S/C18H34O4.Na/c19-15-11-7-2-1-4-8-12-16-17(22-16)13-9-5-3-6-10-14-18(20)21;/h16-17,19H,1-15H2,(H,20,21);/q;+1/p-1. The Hall–Kier alpha value is 0.390. The zero-order valence-electron chi connectivity index (χ0n) is 14.9. The van der Waals surface area contributed by atoms with Gasteiger partial charge in [-0.2, -0.15) is 0 Å². The number of ether oxygens (including phenoxy) is 1. The Bertz CT molecular complexity index is 286. The van der Waals surface area contributed by atoms with Crippen molar-refractivity contribution in [2.24, 2.45) is 0 Å². The third-order valence-corrected chi connectivity index (χ3v) is 4.45. The summed E-state index contributed by atoms with van der Waals surface area (Å²) in [7, 11) is 0. The molecule has 23 heavy (non-hydrogen) atoms. The van der Waals surface area contributed by atoms with E-state index in [0.29, 0.717) is 18.8 Å². The van der Waals surface area contributed by atoms with E-state index in [0.717, 1.165) is 32.1 Å². The molecule has 1 rings (SSSR count). The second-order valence-electron chi connectivity index (χ2n) is 6.53. The van der Waals surface area contributed by atoms with Crippen LogP contribution in [0.15, 0.2) is 0 Å². The number of rotatable bonds is 16. The van der Waals surface area contributed by atoms with Gasteiger partial charge in [0, 0.05) is 12.6 Å². The first-order valence-electron chi connectivity index (χ1n) is 9.20. The zero-order chi connectivity index (χ0) is 16.0. The van der Waals surface area contributed by atoms with E-state index in [-0.39, 0.29) is 36.0 Å². The van der Waals surface area contributed by atoms with E-state index in [1.165, 1.54) is 51.4 Å². The predicted octanol–water partition coefficient (Wildman–Crippen LogP) is -0.0386. The van der Waals surface area contributed by atoms with Crippen molar-refractivity contribution < 1.29 is 49.3 Å². The van der Waals surface area contributed by atoms with Gasteiger partial charge in [-0.25, -0.2) is 0 Å². The molecule has 2 unspecified atom stereocenters. The van der Waals surface area contributed by atoms with Gasteiger partial charge in [-0.15, -0.1) is 0 Å². The van der Waals surface area contributed by atoms with Gasteiger partial charge in [0.15, 0.2) is 0 Å². The number of unbranched alkanes of at least 4 members (excludes halogenated alkanes) is 9. The molecule has 0 bridgehead atoms. The average Bonchev–Trinajstić information content (AvgIpc) is 3.23. The maximum atomic E-state index is 10.3. The van der Waals surface area contributed by atoms with E-state index < -0.39 is 5.97 Å². The molecular formula is C18H33NaO4. The average molecular weight is 336 g/mol. The van der Waals surface area contributed by atoms with Crippen LogP contribution in [-0.2, 0) is 9.53 Å². The van der Waals surface area contributed by atoms with Crippen LogP contribution in [0.2, 0.25) is 0 Å². The molecule has 0 aliphatic carbocycles. The Labute approximate surface area is 163 Å². The van der Waals surface area contributed by atoms with Crippen LogP contribution in [0.4, 0.5) is 0 Å². The van der Waals surface area contributed by atoms with Crippen LogP contribution in [0, 0.1) is 0 Å². The SMILES string of the molecule is O=C([O-])CCCCCCCC1OC1CCCCCCCCO.[Na+]. The topological polar surface area (TPSA) is 72.9 Å². The molecule has 0 spiro atoms. The second-order valence-corrected chi connectivity index (χ2v) is 6.53. The first-order valence-corrected chi connectivity index (χ1v) is 9.20. The number of carboxylic acid groups (broad SMARTS) is 1. The minimum absolute atomic E-state index is 0. The van der Waals surface area contributed by atoms with Gasteiger partial charge >= 0.3 is 29.6 Å². The van der Waals surface area contributed by atoms with Crippen molar-refractivity contribution in [1.82, 2.24) is 0 Å². The fourth-order valence-corrected chi connectivity index (χ4v) is 3.00. The first-order chi connectivity index (χ1) is 10.7. The Morgan fingerprint density at radius 2 is 1.22 bits per heavy atom. The van der Waals surface area contributed by atoms with Gasteiger partial charge in [-0.05, 0) is 32.1 Å². The molecule has 1 saturated heterocycles. The van der Waals surface area contributed by atoms with Crippen LogP contribution in [-0.4, -0.2) is 29.9 Å². The summed E-state index contributed by atoms with van der Waals surface area (Å²) in [5, 5.41) is 18.9. The number of hydrogen-bond donors (Lipinski definition) is 1. The monoisotopic (exact) mass is 336 g/mol. The molecule has 0 aromatic rings. The number of carboxylic acids is 1. The summed E-state index contributed by atoms with van der Waals surface area (Å²) in [5.41, 5.74) is 0. The molecule has 130 valence electrons. The van der Waals surface area contributed by atoms with E-state index in [2.05, 4.69) is 0 Å². The number of aliphatic hydroxyl groups excluding tert-OH is 1. The minimum atomic E-state index is -0.928. The Morgan fingerprint density at radius 3 is 1.70 bits per heavy atom. The zero-order valence-corrected chi connectivity index (χ0v) is 16.9. The molecule has 0 aromatic carbocycles. The quantitative estimate of drug-likeness (QED) is 0.244. The largest absolute Gasteiger partial charge is 1.00 e. The maximum Gasteiger partial charge on any atom is 1.00 e. The van der Waals surface area contributed by atoms with Gasteiger partial charge in [-0.1, -0.05) is 57.8 Å². The van der Waals surface area contributed by atoms with Crippen LogP contribution in [0.3, 0.4) is 0 Å². The van der Waals surface area contributed by atoms with Crippen molar-refractivity contribution in [2.75, 3.05) is 6.61 Å². The fraction of sp³-hybridized carbons (Fsp3) is 0.944. The number of epoxide rings is 1. The van der Waals surface area contributed by atoms with Crippen molar-refractivity contribution in [3.63, 3.8) is 0 Å². The third-order valence-electron chi connectivity index (χ3n) is 4.45. The van der Waals surface area contributed by atoms with Gasteiger partial charge in [0.25, 0.3) is 0 Å². The van der Waals surface area contributed by atoms with Gasteiger partial charge in [0.1, 0.15) is 0 Å². The van der Waals surface area contributed by atoms with Crippen LogP contribution in [0.1, 0.15) is 89.9 Å². The van der Waals surface area contributed by atoms with Crippen LogP contribution in [0.25, 0.3) is 0 Å². The van der Waals surface area contributed by atoms with Gasteiger partial charge in [0.2, 0.25) is 0 Å². The summed E-state index contributed by atoms with van der Waals surface area (Å²) in [4.78, 5) is 10.3. The molecule has 1 fully saturated rings. The van der Waals surface area contributed by atoms with Crippen molar-refractivity contribution in [2.45, 2.75) is 102 Å². The molecule has 5 heteroatoms. The summed E-state index contributed by atoms with van der Waals surface area (Å²) in [6.07, 6.45) is 16.0. The van der Waals surface area contributed by atoms with E-state index >= 15 is 0 Å². The molecule has 1 aliphatic heterocycles. The summed E-state index contributed by atoms with van der Waals surface area (Å²) < 4.78 is 5.70. The number of hydrogen-bond acceptors (Lipinski definition) is 4. The van der Waals surface area contributed by atoms with Crippen LogP contribution >= 0.6 is 0 Å². The van der Waals surface area contributed by atoms with E-state index in [4.69, 9.17) is 9.84 Å². The predicted molar refractivity (Wildman–Crippen MR) is 85.4 cm³/mol. The molecular weight excluding hydrogens is 303 g/mol. The van der Waals surface area contributed by atoms with Crippen molar-refractivity contribution in [3.05, 3.63) is 0 Å². The molecule has 0 radical (unpaired) electrons. The van der Waals surface area contributed by atoms with E-state index in [9.17, 15) is 9.90 Å². The summed E-state index contributed by atoms with van der Waals surface area (Å²) in [6.45, 7) is 0.328. The number of carbonyl (C=O) groups is 1. The Morgan fingerprint density at radius 1 is 0.783 bits per heavy atom. The maximum absolute atomic E-state index is 10.3. The summed E-state index contributed by atoms with van der Waals surface area (Å²) in [6, 6.07) is 0. The molecule has 1 N–H and O–H groups in total. The smallest absolute Gasteiger partial charge is 0.550 e. The van der Waals surface area contributed by atoms with Gasteiger partial charge in [-0.3, -0.25) is 0 Å². The molecule has 4 nitrogen and oxygen atoms in total. The van der Waals surface area contributed by atoms with E-state index in [1.54, 1.807) is 0 Å². The second kappa shape index (κ2) is 15.9. The summed E-state index contributed by atoms with van der Waals surface area (Å²) in [5.74, 6) is -0.928. The normalized spacial score (nSPS) is 19.3. The van der Waals surface area contributed by atoms with Crippen LogP contribution < -0.4 is 34.7 Å². The van der Waals surface area contributed by atoms with Crippen molar-refractivity contribution >= 4 is 5.97 Å². The molecule has 1 aliphatic rings. The number of carbonyl (C=O) groups excluding carboxylic acids is 1. The van der Waals surface area contributed by atoms with E-state index in [1.807, 2.05) is 0 Å². The minimum Gasteiger partial charge on any atom is -0.550 e. The molecule has 1 heterocycles. The molecule has 0 amide bonds. The van der Waals surface area contributed by atoms with Crippen molar-refractivity contribution in [3.8, 4) is 0 Å². The number of aliphatic carboxylic acids is 1. The van der Waals surface area contributed by atoms with Crippen LogP contribution in [0.5, 0.6) is 0 Å². The summed E-state index contributed by atoms with van der Waals surface area (Å²) >= 11 is 0. The van der Waals surface area contributed by atoms with Gasteiger partial charge in [0.05, 0.1) is 12.2 Å². The van der Waals surface area contributed by atoms with Crippen molar-refractivity contribution in [1.29, 1.82) is 0 Å². The number of aliphatic hydroxyl groups is 1. The Kier molecular flexibility index (Phi) is 16.2. The fourth-order valence-electron chi connectivity index (χ4n) is 3.00. The Balaban J connectivity index is 0.00000484. The third kappa shape index (κ3) is 14.4. The molecule has 0 aromatic heterocycles. The molecule has 0 saturated carbocycles. The molecule has 2 atom stereocenters.